The molecule has 112 valence electrons. The van der Waals surface area contributed by atoms with Gasteiger partial charge in [0.15, 0.2) is 0 Å². The molecule has 0 aliphatic heterocycles. The molecule has 1 aromatic heterocycles. The molecule has 6 heteroatoms. The van der Waals surface area contributed by atoms with Gasteiger partial charge in [0.1, 0.15) is 0 Å². The zero-order chi connectivity index (χ0) is 15.1. The van der Waals surface area contributed by atoms with E-state index in [0.717, 1.165) is 25.1 Å². The van der Waals surface area contributed by atoms with Crippen LogP contribution >= 0.6 is 0 Å². The number of nitrogens with two attached hydrogens (primary N) is 1. The van der Waals surface area contributed by atoms with Crippen LogP contribution in [0.4, 0.5) is 17.6 Å². The van der Waals surface area contributed by atoms with E-state index in [4.69, 9.17) is 10.5 Å². The molecule has 0 amide bonds. The molecule has 0 spiro atoms. The number of nitrogen functional groups attached to an aromatic ring is 1. The molecular weight excluding hydrogens is 266 g/mol. The van der Waals surface area contributed by atoms with Crippen molar-refractivity contribution in [3.05, 3.63) is 30.3 Å². The molecule has 0 aliphatic carbocycles. The third-order valence-corrected chi connectivity index (χ3v) is 2.94. The first-order valence-electron chi connectivity index (χ1n) is 7.21. The Morgan fingerprint density at radius 2 is 1.86 bits per heavy atom. The van der Waals surface area contributed by atoms with Crippen LogP contribution in [0.25, 0.3) is 0 Å². The van der Waals surface area contributed by atoms with Crippen molar-refractivity contribution in [2.75, 3.05) is 23.8 Å². The van der Waals surface area contributed by atoms with E-state index >= 15 is 0 Å². The number of hydrogen-bond acceptors (Lipinski definition) is 6. The molecule has 2 rings (SSSR count). The van der Waals surface area contributed by atoms with Crippen LogP contribution in [0.2, 0.25) is 0 Å². The topological polar surface area (TPSA) is 77.2 Å². The molecule has 0 aliphatic rings. The van der Waals surface area contributed by atoms with E-state index in [9.17, 15) is 0 Å². The van der Waals surface area contributed by atoms with Crippen molar-refractivity contribution in [1.82, 2.24) is 15.0 Å². The van der Waals surface area contributed by atoms with E-state index in [1.54, 1.807) is 0 Å². The number of para-hydroxylation sites is 1. The van der Waals surface area contributed by atoms with Crippen LogP contribution in [0.3, 0.4) is 0 Å². The van der Waals surface area contributed by atoms with Gasteiger partial charge in [-0.05, 0) is 25.5 Å². The predicted molar refractivity (Wildman–Crippen MR) is 83.8 cm³/mol. The summed E-state index contributed by atoms with van der Waals surface area (Å²) in [5, 5.41) is 0. The Hall–Kier alpha value is -2.37. The van der Waals surface area contributed by atoms with Crippen molar-refractivity contribution in [2.24, 2.45) is 0 Å². The predicted octanol–water partition coefficient (Wildman–Crippen LogP) is 2.79. The third kappa shape index (κ3) is 4.05. The largest absolute Gasteiger partial charge is 0.464 e. The maximum absolute atomic E-state index is 5.77. The first kappa shape index (κ1) is 15.0. The molecule has 21 heavy (non-hydrogen) atoms. The Balaban J connectivity index is 2.36. The molecule has 1 heterocycles. The summed E-state index contributed by atoms with van der Waals surface area (Å²) in [5.41, 5.74) is 6.79. The maximum atomic E-state index is 5.77. The fraction of sp³-hybridized carbons (Fsp3) is 0.400. The Bertz CT molecular complexity index is 561. The van der Waals surface area contributed by atoms with Crippen LogP contribution in [0.15, 0.2) is 30.3 Å². The van der Waals surface area contributed by atoms with Gasteiger partial charge < -0.3 is 15.4 Å². The zero-order valence-electron chi connectivity index (χ0n) is 12.5. The number of benzene rings is 1. The molecular formula is C15H21N5O. The second-order valence-electron chi connectivity index (χ2n) is 4.55. The van der Waals surface area contributed by atoms with Gasteiger partial charge in [-0.15, -0.1) is 0 Å². The van der Waals surface area contributed by atoms with E-state index < -0.39 is 0 Å². The van der Waals surface area contributed by atoms with E-state index in [-0.39, 0.29) is 12.0 Å². The molecule has 1 aromatic carbocycles. The van der Waals surface area contributed by atoms with Crippen LogP contribution in [-0.2, 0) is 0 Å². The van der Waals surface area contributed by atoms with Crippen LogP contribution in [0.5, 0.6) is 6.01 Å². The Labute approximate surface area is 125 Å². The van der Waals surface area contributed by atoms with Crippen molar-refractivity contribution in [3.8, 4) is 6.01 Å². The van der Waals surface area contributed by atoms with Gasteiger partial charge in [-0.3, -0.25) is 0 Å². The fourth-order valence-electron chi connectivity index (χ4n) is 1.94. The lowest BCUT2D eigenvalue weighted by molar-refractivity contribution is 0.312. The highest BCUT2D eigenvalue weighted by Gasteiger charge is 2.14. The minimum Gasteiger partial charge on any atom is -0.464 e. The average Bonchev–Trinajstić information content (AvgIpc) is 2.48. The Kier molecular flexibility index (Phi) is 5.31. The first-order valence-corrected chi connectivity index (χ1v) is 7.21. The molecule has 2 aromatic rings. The monoisotopic (exact) mass is 287 g/mol. The summed E-state index contributed by atoms with van der Waals surface area (Å²) in [6, 6.07) is 10.3. The van der Waals surface area contributed by atoms with Crippen molar-refractivity contribution in [1.29, 1.82) is 0 Å². The number of rotatable bonds is 7. The van der Waals surface area contributed by atoms with E-state index in [2.05, 4.69) is 21.9 Å². The smallest absolute Gasteiger partial charge is 0.323 e. The molecule has 0 saturated carbocycles. The minimum absolute atomic E-state index is 0.167. The van der Waals surface area contributed by atoms with Gasteiger partial charge in [0, 0.05) is 12.2 Å². The van der Waals surface area contributed by atoms with E-state index in [1.807, 2.05) is 42.2 Å². The lowest BCUT2D eigenvalue weighted by Crippen LogP contribution is -2.22. The first-order chi connectivity index (χ1) is 10.2. The molecule has 0 atom stereocenters. The van der Waals surface area contributed by atoms with Gasteiger partial charge in [-0.1, -0.05) is 31.5 Å². The minimum atomic E-state index is 0.167. The summed E-state index contributed by atoms with van der Waals surface area (Å²) in [6.45, 7) is 5.33. The summed E-state index contributed by atoms with van der Waals surface area (Å²) in [6.07, 6.45) is 2.12. The summed E-state index contributed by atoms with van der Waals surface area (Å²) in [5.74, 6) is 0.687. The van der Waals surface area contributed by atoms with Gasteiger partial charge in [0.05, 0.1) is 6.61 Å². The van der Waals surface area contributed by atoms with Crippen molar-refractivity contribution < 1.29 is 4.74 Å². The fourth-order valence-corrected chi connectivity index (χ4v) is 1.94. The summed E-state index contributed by atoms with van der Waals surface area (Å²) < 4.78 is 5.35. The quantitative estimate of drug-likeness (QED) is 0.843. The lowest BCUT2D eigenvalue weighted by atomic mass is 10.2. The summed E-state index contributed by atoms with van der Waals surface area (Å²) >= 11 is 0. The molecule has 0 fully saturated rings. The molecule has 6 nitrogen and oxygen atoms in total. The standard InChI is InChI=1S/C15H21N5O/c1-3-5-11-20(12-9-7-6-8-10-12)14-17-13(16)18-15(19-14)21-4-2/h6-10H,3-5,11H2,1-2H3,(H2,16,17,18,19). The maximum Gasteiger partial charge on any atom is 0.323 e. The van der Waals surface area contributed by atoms with Crippen LogP contribution in [0, 0.1) is 0 Å². The second-order valence-corrected chi connectivity index (χ2v) is 4.55. The van der Waals surface area contributed by atoms with Crippen LogP contribution in [0.1, 0.15) is 26.7 Å². The molecule has 0 unspecified atom stereocenters. The van der Waals surface area contributed by atoms with Crippen LogP contribution in [-0.4, -0.2) is 28.1 Å². The lowest BCUT2D eigenvalue weighted by Gasteiger charge is -2.22. The van der Waals surface area contributed by atoms with E-state index in [0.29, 0.717) is 12.6 Å². The van der Waals surface area contributed by atoms with Gasteiger partial charge in [0.2, 0.25) is 11.9 Å². The number of nitrogens with zero attached hydrogens (tertiary/aromatic N) is 4. The molecule has 2 N–H and O–H groups in total. The van der Waals surface area contributed by atoms with E-state index in [1.165, 1.54) is 0 Å². The van der Waals surface area contributed by atoms with Gasteiger partial charge >= 0.3 is 6.01 Å². The number of hydrogen-bond donors (Lipinski definition) is 1. The van der Waals surface area contributed by atoms with Gasteiger partial charge in [0.25, 0.3) is 0 Å². The highest BCUT2D eigenvalue weighted by molar-refractivity contribution is 5.57. The molecule has 0 saturated heterocycles. The number of unbranched alkanes of at least 4 members (excludes halogenated alkanes) is 1. The number of ether oxygens (including phenoxy) is 1. The third-order valence-electron chi connectivity index (χ3n) is 2.94. The summed E-state index contributed by atoms with van der Waals surface area (Å²) in [7, 11) is 0. The van der Waals surface area contributed by atoms with Crippen LogP contribution < -0.4 is 15.4 Å². The second kappa shape index (κ2) is 7.42. The highest BCUT2D eigenvalue weighted by atomic mass is 16.5. The van der Waals surface area contributed by atoms with Gasteiger partial charge in [-0.2, -0.15) is 15.0 Å². The normalized spacial score (nSPS) is 10.4. The van der Waals surface area contributed by atoms with Crippen molar-refractivity contribution in [2.45, 2.75) is 26.7 Å². The number of aromatic nitrogens is 3. The Morgan fingerprint density at radius 1 is 1.10 bits per heavy atom. The summed E-state index contributed by atoms with van der Waals surface area (Å²) in [4.78, 5) is 14.6. The van der Waals surface area contributed by atoms with Crippen molar-refractivity contribution >= 4 is 17.6 Å². The zero-order valence-corrected chi connectivity index (χ0v) is 12.5. The average molecular weight is 287 g/mol. The van der Waals surface area contributed by atoms with Crippen molar-refractivity contribution in [3.63, 3.8) is 0 Å². The SMILES string of the molecule is CCCCN(c1ccccc1)c1nc(N)nc(OCC)n1. The van der Waals surface area contributed by atoms with Gasteiger partial charge in [-0.25, -0.2) is 0 Å². The highest BCUT2D eigenvalue weighted by Crippen LogP contribution is 2.24. The Morgan fingerprint density at radius 3 is 2.52 bits per heavy atom. The molecule has 0 radical (unpaired) electrons. The molecule has 0 bridgehead atoms. The number of anilines is 3.